The number of nitrogens with two attached hydrogens (primary N) is 1. The van der Waals surface area contributed by atoms with Crippen LogP contribution >= 0.6 is 0 Å². The fraction of sp³-hybridized carbons (Fsp3) is 0.684. The van der Waals surface area contributed by atoms with Gasteiger partial charge in [-0.3, -0.25) is 24.0 Å². The molecule has 0 aliphatic rings. The minimum atomic E-state index is -1.58. The highest BCUT2D eigenvalue weighted by Gasteiger charge is 2.32. The van der Waals surface area contributed by atoms with Crippen molar-refractivity contribution in [2.45, 2.75) is 76.7 Å². The molecule has 0 fully saturated rings. The maximum absolute atomic E-state index is 12.8. The Hall–Kier alpha value is -3.26. The zero-order valence-electron chi connectivity index (χ0n) is 18.6. The second-order valence-corrected chi connectivity index (χ2v) is 7.82. The van der Waals surface area contributed by atoms with Crippen molar-refractivity contribution in [3.05, 3.63) is 0 Å². The molecule has 0 bridgehead atoms. The van der Waals surface area contributed by atoms with Crippen molar-refractivity contribution in [3.8, 4) is 0 Å². The molecule has 0 heterocycles. The molecule has 0 aromatic heterocycles. The molecule has 0 aliphatic carbocycles. The van der Waals surface area contributed by atoms with Crippen molar-refractivity contribution >= 4 is 35.6 Å². The number of hydrogen-bond donors (Lipinski definition) is 8. The molecule has 0 rings (SSSR count). The van der Waals surface area contributed by atoms with E-state index in [1.165, 1.54) is 6.92 Å². The largest absolute Gasteiger partial charge is 0.481 e. The summed E-state index contributed by atoms with van der Waals surface area (Å²) in [7, 11) is 0. The number of carboxylic acids is 3. The van der Waals surface area contributed by atoms with Gasteiger partial charge < -0.3 is 42.1 Å². The summed E-state index contributed by atoms with van der Waals surface area (Å²) in [5, 5.41) is 43.0. The van der Waals surface area contributed by atoms with Crippen LogP contribution in [-0.4, -0.2) is 86.3 Å². The summed E-state index contributed by atoms with van der Waals surface area (Å²) in [4.78, 5) is 70.5. The van der Waals surface area contributed by atoms with Gasteiger partial charge in [0.1, 0.15) is 24.2 Å². The number of nitrogens with one attached hydrogen (secondary N) is 3. The van der Waals surface area contributed by atoms with Crippen molar-refractivity contribution in [1.82, 2.24) is 16.0 Å². The van der Waals surface area contributed by atoms with Gasteiger partial charge in [0, 0.05) is 12.8 Å². The molecule has 0 radical (unpaired) electrons. The minimum absolute atomic E-state index is 0.399. The molecule has 14 heteroatoms. The molecule has 33 heavy (non-hydrogen) atoms. The molecule has 0 spiro atoms. The first kappa shape index (κ1) is 29.7. The third-order valence-corrected chi connectivity index (χ3v) is 4.61. The van der Waals surface area contributed by atoms with Crippen LogP contribution in [0.3, 0.4) is 0 Å². The van der Waals surface area contributed by atoms with Gasteiger partial charge in [-0.2, -0.15) is 0 Å². The predicted molar refractivity (Wildman–Crippen MR) is 112 cm³/mol. The zero-order valence-corrected chi connectivity index (χ0v) is 18.6. The van der Waals surface area contributed by atoms with Gasteiger partial charge >= 0.3 is 17.9 Å². The number of aliphatic hydroxyl groups is 1. The van der Waals surface area contributed by atoms with Gasteiger partial charge in [0.15, 0.2) is 0 Å². The van der Waals surface area contributed by atoms with Gasteiger partial charge in [-0.15, -0.1) is 0 Å². The SMILES string of the molecule is CC(C)C(NC(=O)C(N)C(C)O)C(=O)NC(CCC(=O)O)C(=O)NC(CCC(=O)O)C(=O)O. The lowest BCUT2D eigenvalue weighted by atomic mass is 10.0. The number of carbonyl (C=O) groups is 6. The molecule has 0 aliphatic heterocycles. The smallest absolute Gasteiger partial charge is 0.326 e. The summed E-state index contributed by atoms with van der Waals surface area (Å²) >= 11 is 0. The van der Waals surface area contributed by atoms with Gasteiger partial charge in [0.05, 0.1) is 6.10 Å². The maximum Gasteiger partial charge on any atom is 0.326 e. The summed E-state index contributed by atoms with van der Waals surface area (Å²) in [6, 6.07) is -5.59. The second kappa shape index (κ2) is 14.0. The Labute approximate surface area is 189 Å². The van der Waals surface area contributed by atoms with Crippen LogP contribution in [0.1, 0.15) is 46.5 Å². The van der Waals surface area contributed by atoms with Crippen LogP contribution in [0.25, 0.3) is 0 Å². The topological polar surface area (TPSA) is 245 Å². The summed E-state index contributed by atoms with van der Waals surface area (Å²) < 4.78 is 0. The van der Waals surface area contributed by atoms with Crippen molar-refractivity contribution in [3.63, 3.8) is 0 Å². The van der Waals surface area contributed by atoms with Crippen LogP contribution < -0.4 is 21.7 Å². The molecule has 9 N–H and O–H groups in total. The summed E-state index contributed by atoms with van der Waals surface area (Å²) in [5.41, 5.74) is 5.55. The van der Waals surface area contributed by atoms with Gasteiger partial charge in [-0.25, -0.2) is 4.79 Å². The normalized spacial score (nSPS) is 15.5. The van der Waals surface area contributed by atoms with Crippen LogP contribution in [0.5, 0.6) is 0 Å². The number of rotatable bonds is 15. The molecule has 0 saturated heterocycles. The molecule has 0 saturated carbocycles. The van der Waals surface area contributed by atoms with Crippen LogP contribution in [0.2, 0.25) is 0 Å². The number of aliphatic hydroxyl groups excluding tert-OH is 1. The number of amides is 3. The highest BCUT2D eigenvalue weighted by molar-refractivity contribution is 5.94. The first-order valence-electron chi connectivity index (χ1n) is 10.2. The summed E-state index contributed by atoms with van der Waals surface area (Å²) in [6.45, 7) is 4.44. The first-order valence-corrected chi connectivity index (χ1v) is 10.2. The molecule has 14 nitrogen and oxygen atoms in total. The Morgan fingerprint density at radius 3 is 1.58 bits per heavy atom. The van der Waals surface area contributed by atoms with Crippen LogP contribution in [0, 0.1) is 5.92 Å². The first-order chi connectivity index (χ1) is 15.2. The Morgan fingerprint density at radius 2 is 1.18 bits per heavy atom. The van der Waals surface area contributed by atoms with Gasteiger partial charge in [0.25, 0.3) is 0 Å². The van der Waals surface area contributed by atoms with Gasteiger partial charge in [0.2, 0.25) is 17.7 Å². The second-order valence-electron chi connectivity index (χ2n) is 7.82. The van der Waals surface area contributed by atoms with Crippen molar-refractivity contribution < 1.29 is 49.2 Å². The fourth-order valence-corrected chi connectivity index (χ4v) is 2.60. The van der Waals surface area contributed by atoms with Crippen LogP contribution in [-0.2, 0) is 28.8 Å². The average molecular weight is 476 g/mol. The number of carbonyl (C=O) groups excluding carboxylic acids is 3. The Bertz CT molecular complexity index is 740. The summed E-state index contributed by atoms with van der Waals surface area (Å²) in [5.74, 6) is -7.29. The predicted octanol–water partition coefficient (Wildman–Crippen LogP) is -2.38. The van der Waals surface area contributed by atoms with E-state index >= 15 is 0 Å². The quantitative estimate of drug-likeness (QED) is 0.124. The summed E-state index contributed by atoms with van der Waals surface area (Å²) in [6.07, 6.45) is -3.12. The Balaban J connectivity index is 5.53. The van der Waals surface area contributed by atoms with E-state index in [1.54, 1.807) is 13.8 Å². The molecular formula is C19H32N4O10. The van der Waals surface area contributed by atoms with E-state index in [9.17, 15) is 39.0 Å². The lowest BCUT2D eigenvalue weighted by molar-refractivity contribution is -0.144. The number of carboxylic acid groups (broad SMARTS) is 3. The monoisotopic (exact) mass is 476 g/mol. The average Bonchev–Trinajstić information content (AvgIpc) is 2.69. The van der Waals surface area contributed by atoms with E-state index in [2.05, 4.69) is 16.0 Å². The van der Waals surface area contributed by atoms with Crippen molar-refractivity contribution in [2.75, 3.05) is 0 Å². The zero-order chi connectivity index (χ0) is 25.9. The third-order valence-electron chi connectivity index (χ3n) is 4.61. The van der Waals surface area contributed by atoms with E-state index in [1.807, 2.05) is 0 Å². The number of aliphatic carboxylic acids is 3. The van der Waals surface area contributed by atoms with Gasteiger partial charge in [-0.05, 0) is 25.7 Å². The highest BCUT2D eigenvalue weighted by Crippen LogP contribution is 2.07. The van der Waals surface area contributed by atoms with Crippen LogP contribution in [0.4, 0.5) is 0 Å². The van der Waals surface area contributed by atoms with Crippen molar-refractivity contribution in [1.29, 1.82) is 0 Å². The minimum Gasteiger partial charge on any atom is -0.481 e. The molecule has 188 valence electrons. The molecular weight excluding hydrogens is 444 g/mol. The molecule has 5 unspecified atom stereocenters. The molecule has 3 amide bonds. The standard InChI is InChI=1S/C19H32N4O10/c1-8(2)15(23-17(30)14(20)9(3)24)18(31)21-10(4-6-12(25)26)16(29)22-11(19(32)33)5-7-13(27)28/h8-11,14-15,24H,4-7,20H2,1-3H3,(H,21,31)(H,22,29)(H,23,30)(H,25,26)(H,27,28)(H,32,33). The number of hydrogen-bond acceptors (Lipinski definition) is 8. The lowest BCUT2D eigenvalue weighted by Crippen LogP contribution is -2.59. The maximum atomic E-state index is 12.8. The van der Waals surface area contributed by atoms with E-state index in [0.29, 0.717) is 0 Å². The van der Waals surface area contributed by atoms with E-state index in [0.717, 1.165) is 0 Å². The van der Waals surface area contributed by atoms with E-state index < -0.39 is 97.5 Å². The molecule has 0 aromatic rings. The fourth-order valence-electron chi connectivity index (χ4n) is 2.60. The molecule has 5 atom stereocenters. The highest BCUT2D eigenvalue weighted by atomic mass is 16.4. The Morgan fingerprint density at radius 1 is 0.727 bits per heavy atom. The lowest BCUT2D eigenvalue weighted by Gasteiger charge is -2.27. The van der Waals surface area contributed by atoms with E-state index in [4.69, 9.17) is 15.9 Å². The molecule has 0 aromatic carbocycles. The van der Waals surface area contributed by atoms with Crippen LogP contribution in [0.15, 0.2) is 0 Å². The third kappa shape index (κ3) is 11.2. The van der Waals surface area contributed by atoms with Gasteiger partial charge in [-0.1, -0.05) is 13.8 Å². The van der Waals surface area contributed by atoms with E-state index in [-0.39, 0.29) is 0 Å². The Kier molecular flexibility index (Phi) is 12.6. The van der Waals surface area contributed by atoms with Crippen molar-refractivity contribution in [2.24, 2.45) is 11.7 Å².